The molecule has 3 aromatic rings. The van der Waals surface area contributed by atoms with Crippen molar-refractivity contribution >= 4 is 5.78 Å². The fourth-order valence-corrected chi connectivity index (χ4v) is 3.37. The van der Waals surface area contributed by atoms with Crippen molar-refractivity contribution in [2.75, 3.05) is 6.61 Å². The van der Waals surface area contributed by atoms with Gasteiger partial charge in [0.2, 0.25) is 0 Å². The molecule has 0 unspecified atom stereocenters. The van der Waals surface area contributed by atoms with E-state index < -0.39 is 0 Å². The molecule has 0 saturated carbocycles. The lowest BCUT2D eigenvalue weighted by atomic mass is 10.00. The average Bonchev–Trinajstić information content (AvgIpc) is 3.34. The van der Waals surface area contributed by atoms with Crippen LogP contribution in [0.3, 0.4) is 0 Å². The molecule has 1 aromatic heterocycles. The topological polar surface area (TPSA) is 44.1 Å². The van der Waals surface area contributed by atoms with Crippen molar-refractivity contribution < 1.29 is 9.53 Å². The number of benzene rings is 2. The van der Waals surface area contributed by atoms with Crippen molar-refractivity contribution in [1.82, 2.24) is 9.78 Å². The Morgan fingerprint density at radius 1 is 1.12 bits per heavy atom. The van der Waals surface area contributed by atoms with E-state index >= 15 is 0 Å². The maximum atomic E-state index is 11.4. The van der Waals surface area contributed by atoms with Crippen LogP contribution in [0.5, 0.6) is 0 Å². The minimum Gasteiger partial charge on any atom is -0.376 e. The molecule has 1 fully saturated rings. The summed E-state index contributed by atoms with van der Waals surface area (Å²) >= 11 is 0. The van der Waals surface area contributed by atoms with Gasteiger partial charge in [-0.05, 0) is 43.0 Å². The van der Waals surface area contributed by atoms with E-state index in [0.717, 1.165) is 53.9 Å². The largest absolute Gasteiger partial charge is 0.376 e. The number of carbonyl (C=O) groups excluding carboxylic acids is 1. The van der Waals surface area contributed by atoms with E-state index in [1.54, 1.807) is 6.92 Å². The van der Waals surface area contributed by atoms with Gasteiger partial charge >= 0.3 is 0 Å². The van der Waals surface area contributed by atoms with Gasteiger partial charge in [0, 0.05) is 23.9 Å². The Bertz CT molecular complexity index is 906. The SMILES string of the molecule is CC(=O)c1ccc(-c2cccc(-c3ccn(C[C@@H]4CCCO4)n3)c2)cc1. The van der Waals surface area contributed by atoms with E-state index in [2.05, 4.69) is 18.2 Å². The fourth-order valence-electron chi connectivity index (χ4n) is 3.37. The highest BCUT2D eigenvalue weighted by Crippen LogP contribution is 2.26. The summed E-state index contributed by atoms with van der Waals surface area (Å²) in [6.45, 7) is 3.26. The Labute approximate surface area is 153 Å². The predicted molar refractivity (Wildman–Crippen MR) is 102 cm³/mol. The second kappa shape index (κ2) is 7.26. The van der Waals surface area contributed by atoms with Crippen LogP contribution < -0.4 is 0 Å². The molecule has 26 heavy (non-hydrogen) atoms. The second-order valence-electron chi connectivity index (χ2n) is 6.77. The van der Waals surface area contributed by atoms with Crippen molar-refractivity contribution in [1.29, 1.82) is 0 Å². The summed E-state index contributed by atoms with van der Waals surface area (Å²) in [5, 5.41) is 4.71. The highest BCUT2D eigenvalue weighted by molar-refractivity contribution is 5.94. The summed E-state index contributed by atoms with van der Waals surface area (Å²) in [5.74, 6) is 0.0853. The predicted octanol–water partition coefficient (Wildman–Crippen LogP) is 4.60. The number of aromatic nitrogens is 2. The van der Waals surface area contributed by atoms with Crippen LogP contribution in [0.15, 0.2) is 60.8 Å². The van der Waals surface area contributed by atoms with E-state index in [9.17, 15) is 4.79 Å². The summed E-state index contributed by atoms with van der Waals surface area (Å²) in [6, 6.07) is 18.1. The first-order valence-electron chi connectivity index (χ1n) is 9.06. The van der Waals surface area contributed by atoms with E-state index in [-0.39, 0.29) is 11.9 Å². The lowest BCUT2D eigenvalue weighted by molar-refractivity contribution is 0.0940. The van der Waals surface area contributed by atoms with Crippen LogP contribution in [-0.4, -0.2) is 28.3 Å². The Morgan fingerprint density at radius 2 is 1.92 bits per heavy atom. The Kier molecular flexibility index (Phi) is 4.67. The van der Waals surface area contributed by atoms with E-state index in [4.69, 9.17) is 9.84 Å². The molecule has 0 amide bonds. The molecular weight excluding hydrogens is 324 g/mol. The molecule has 0 N–H and O–H groups in total. The van der Waals surface area contributed by atoms with Gasteiger partial charge in [-0.3, -0.25) is 9.48 Å². The minimum absolute atomic E-state index is 0.0853. The molecule has 1 atom stereocenters. The summed E-state index contributed by atoms with van der Waals surface area (Å²) in [4.78, 5) is 11.4. The molecule has 0 bridgehead atoms. The number of hydrogen-bond donors (Lipinski definition) is 0. The zero-order valence-electron chi connectivity index (χ0n) is 14.9. The van der Waals surface area contributed by atoms with Crippen molar-refractivity contribution in [2.45, 2.75) is 32.4 Å². The summed E-state index contributed by atoms with van der Waals surface area (Å²) in [5.41, 5.74) is 4.99. The van der Waals surface area contributed by atoms with Crippen molar-refractivity contribution in [3.05, 3.63) is 66.4 Å². The van der Waals surface area contributed by atoms with Crippen LogP contribution in [0.4, 0.5) is 0 Å². The Morgan fingerprint density at radius 3 is 2.65 bits per heavy atom. The van der Waals surface area contributed by atoms with Crippen molar-refractivity contribution in [3.8, 4) is 22.4 Å². The van der Waals surface area contributed by atoms with Crippen LogP contribution in [0, 0.1) is 0 Å². The summed E-state index contributed by atoms with van der Waals surface area (Å²) in [6.07, 6.45) is 4.56. The van der Waals surface area contributed by atoms with Crippen LogP contribution in [0.2, 0.25) is 0 Å². The third-order valence-electron chi connectivity index (χ3n) is 4.84. The van der Waals surface area contributed by atoms with Crippen LogP contribution in [-0.2, 0) is 11.3 Å². The molecule has 4 heteroatoms. The second-order valence-corrected chi connectivity index (χ2v) is 6.77. The molecule has 1 saturated heterocycles. The number of nitrogens with zero attached hydrogens (tertiary/aromatic N) is 2. The maximum Gasteiger partial charge on any atom is 0.159 e. The Hall–Kier alpha value is -2.72. The molecule has 1 aliphatic heterocycles. The van der Waals surface area contributed by atoms with Crippen LogP contribution in [0.1, 0.15) is 30.1 Å². The number of ether oxygens (including phenoxy) is 1. The highest BCUT2D eigenvalue weighted by Gasteiger charge is 2.16. The smallest absolute Gasteiger partial charge is 0.159 e. The maximum absolute atomic E-state index is 11.4. The summed E-state index contributed by atoms with van der Waals surface area (Å²) in [7, 11) is 0. The Balaban J connectivity index is 1.55. The fraction of sp³-hybridized carbons (Fsp3) is 0.273. The van der Waals surface area contributed by atoms with Crippen molar-refractivity contribution in [2.24, 2.45) is 0 Å². The molecule has 0 aliphatic carbocycles. The molecule has 4 rings (SSSR count). The lowest BCUT2D eigenvalue weighted by Crippen LogP contribution is -2.15. The van der Waals surface area contributed by atoms with Gasteiger partial charge in [0.1, 0.15) is 0 Å². The van der Waals surface area contributed by atoms with Crippen LogP contribution in [0.25, 0.3) is 22.4 Å². The molecule has 2 aromatic carbocycles. The van der Waals surface area contributed by atoms with Gasteiger partial charge < -0.3 is 4.74 Å². The zero-order chi connectivity index (χ0) is 17.9. The number of carbonyl (C=O) groups is 1. The first-order chi connectivity index (χ1) is 12.7. The zero-order valence-corrected chi connectivity index (χ0v) is 14.9. The molecule has 4 nitrogen and oxygen atoms in total. The van der Waals surface area contributed by atoms with E-state index in [1.807, 2.05) is 47.3 Å². The number of hydrogen-bond acceptors (Lipinski definition) is 3. The lowest BCUT2D eigenvalue weighted by Gasteiger charge is -2.09. The first-order valence-corrected chi connectivity index (χ1v) is 9.06. The molecule has 132 valence electrons. The number of Topliss-reactive ketones (excluding diaryl/α,β-unsaturated/α-hetero) is 1. The average molecular weight is 346 g/mol. The molecule has 0 spiro atoms. The third-order valence-corrected chi connectivity index (χ3v) is 4.84. The van der Waals surface area contributed by atoms with Gasteiger partial charge in [-0.1, -0.05) is 42.5 Å². The molecular formula is C22H22N2O2. The molecule has 2 heterocycles. The summed E-state index contributed by atoms with van der Waals surface area (Å²) < 4.78 is 7.66. The van der Waals surface area contributed by atoms with Gasteiger partial charge in [0.25, 0.3) is 0 Å². The van der Waals surface area contributed by atoms with Gasteiger partial charge in [0.05, 0.1) is 18.3 Å². The van der Waals surface area contributed by atoms with Gasteiger partial charge in [0.15, 0.2) is 5.78 Å². The van der Waals surface area contributed by atoms with Gasteiger partial charge in [-0.2, -0.15) is 5.10 Å². The van der Waals surface area contributed by atoms with E-state index in [1.165, 1.54) is 0 Å². The van der Waals surface area contributed by atoms with Gasteiger partial charge in [-0.15, -0.1) is 0 Å². The number of rotatable bonds is 5. The molecule has 1 aliphatic rings. The van der Waals surface area contributed by atoms with E-state index in [0.29, 0.717) is 0 Å². The minimum atomic E-state index is 0.0853. The highest BCUT2D eigenvalue weighted by atomic mass is 16.5. The normalized spacial score (nSPS) is 16.7. The molecule has 0 radical (unpaired) electrons. The quantitative estimate of drug-likeness (QED) is 0.634. The number of ketones is 1. The third kappa shape index (κ3) is 3.60. The first kappa shape index (κ1) is 16.7. The van der Waals surface area contributed by atoms with Crippen molar-refractivity contribution in [3.63, 3.8) is 0 Å². The van der Waals surface area contributed by atoms with Gasteiger partial charge in [-0.25, -0.2) is 0 Å². The monoisotopic (exact) mass is 346 g/mol. The van der Waals surface area contributed by atoms with Crippen LogP contribution >= 0.6 is 0 Å². The standard InChI is InChI=1S/C22H22N2O2/c1-16(25)17-7-9-18(10-8-17)19-4-2-5-20(14-19)22-11-12-24(23-22)15-21-6-3-13-26-21/h2,4-5,7-12,14,21H,3,6,13,15H2,1H3/t21-/m0/s1.